The molecule has 0 saturated heterocycles. The van der Waals surface area contributed by atoms with Gasteiger partial charge in [0.25, 0.3) is 5.91 Å². The number of benzene rings is 3. The van der Waals surface area contributed by atoms with E-state index in [1.165, 1.54) is 0 Å². The lowest BCUT2D eigenvalue weighted by atomic mass is 10.1. The number of nitrogens with one attached hydrogen (secondary N) is 1. The van der Waals surface area contributed by atoms with E-state index < -0.39 is 0 Å². The maximum atomic E-state index is 12.8. The standard InChI is InChI=1S/C24H24ClNO3/c1-4-28-22-12-11-18(24(27)26-21-13-16(2)9-10-17(21)3)14-19(22)15-29-23-8-6-5-7-20(23)25/h5-14H,4,15H2,1-3H3,(H,26,27). The number of hydrogen-bond acceptors (Lipinski definition) is 3. The van der Waals surface area contributed by atoms with Crippen molar-refractivity contribution < 1.29 is 14.3 Å². The van der Waals surface area contributed by atoms with E-state index in [9.17, 15) is 4.79 Å². The number of anilines is 1. The number of hydrogen-bond donors (Lipinski definition) is 1. The van der Waals surface area contributed by atoms with E-state index in [0.717, 1.165) is 22.4 Å². The highest BCUT2D eigenvalue weighted by Crippen LogP contribution is 2.27. The van der Waals surface area contributed by atoms with E-state index in [2.05, 4.69) is 5.32 Å². The van der Waals surface area contributed by atoms with E-state index in [1.807, 2.05) is 51.1 Å². The van der Waals surface area contributed by atoms with Crippen LogP contribution in [-0.2, 0) is 6.61 Å². The molecule has 1 N–H and O–H groups in total. The molecule has 3 rings (SSSR count). The van der Waals surface area contributed by atoms with Crippen LogP contribution in [0.3, 0.4) is 0 Å². The Kier molecular flexibility index (Phi) is 6.78. The smallest absolute Gasteiger partial charge is 0.255 e. The van der Waals surface area contributed by atoms with Crippen molar-refractivity contribution in [2.45, 2.75) is 27.4 Å². The molecule has 5 heteroatoms. The van der Waals surface area contributed by atoms with Gasteiger partial charge in [-0.3, -0.25) is 4.79 Å². The first-order valence-corrected chi connectivity index (χ1v) is 9.87. The van der Waals surface area contributed by atoms with Crippen molar-refractivity contribution in [1.29, 1.82) is 0 Å². The molecule has 0 atom stereocenters. The lowest BCUT2D eigenvalue weighted by Gasteiger charge is -2.14. The first kappa shape index (κ1) is 20.7. The zero-order chi connectivity index (χ0) is 20.8. The second-order valence-corrected chi connectivity index (χ2v) is 7.15. The number of carbonyl (C=O) groups is 1. The van der Waals surface area contributed by atoms with Crippen LogP contribution in [0, 0.1) is 13.8 Å². The summed E-state index contributed by atoms with van der Waals surface area (Å²) >= 11 is 6.17. The van der Waals surface area contributed by atoms with Crippen LogP contribution < -0.4 is 14.8 Å². The van der Waals surface area contributed by atoms with Crippen LogP contribution in [0.25, 0.3) is 0 Å². The first-order valence-electron chi connectivity index (χ1n) is 9.49. The van der Waals surface area contributed by atoms with E-state index >= 15 is 0 Å². The summed E-state index contributed by atoms with van der Waals surface area (Å²) < 4.78 is 11.6. The fourth-order valence-electron chi connectivity index (χ4n) is 2.91. The molecule has 0 spiro atoms. The van der Waals surface area contributed by atoms with Crippen molar-refractivity contribution in [3.8, 4) is 11.5 Å². The van der Waals surface area contributed by atoms with Gasteiger partial charge >= 0.3 is 0 Å². The lowest BCUT2D eigenvalue weighted by Crippen LogP contribution is -2.14. The topological polar surface area (TPSA) is 47.6 Å². The molecule has 4 nitrogen and oxygen atoms in total. The van der Waals surface area contributed by atoms with Crippen LogP contribution in [-0.4, -0.2) is 12.5 Å². The van der Waals surface area contributed by atoms with Gasteiger partial charge in [0.05, 0.1) is 11.6 Å². The van der Waals surface area contributed by atoms with Gasteiger partial charge in [0.2, 0.25) is 0 Å². The van der Waals surface area contributed by atoms with Crippen LogP contribution >= 0.6 is 11.6 Å². The van der Waals surface area contributed by atoms with Crippen LogP contribution in [0.5, 0.6) is 11.5 Å². The summed E-state index contributed by atoms with van der Waals surface area (Å²) in [7, 11) is 0. The SMILES string of the molecule is CCOc1ccc(C(=O)Nc2cc(C)ccc2C)cc1COc1ccccc1Cl. The third-order valence-electron chi connectivity index (χ3n) is 4.48. The van der Waals surface area contributed by atoms with Crippen molar-refractivity contribution in [3.05, 3.63) is 87.9 Å². The number of aryl methyl sites for hydroxylation is 2. The van der Waals surface area contributed by atoms with Gasteiger partial charge in [0.15, 0.2) is 0 Å². The molecule has 0 fully saturated rings. The molecule has 29 heavy (non-hydrogen) atoms. The van der Waals surface area contributed by atoms with Gasteiger partial charge in [0, 0.05) is 16.8 Å². The van der Waals surface area contributed by atoms with Gasteiger partial charge in [0.1, 0.15) is 18.1 Å². The molecule has 0 bridgehead atoms. The molecule has 0 aliphatic rings. The summed E-state index contributed by atoms with van der Waals surface area (Å²) in [5.41, 5.74) is 4.22. The van der Waals surface area contributed by atoms with Crippen LogP contribution in [0.4, 0.5) is 5.69 Å². The summed E-state index contributed by atoms with van der Waals surface area (Å²) in [4.78, 5) is 12.8. The molecule has 0 saturated carbocycles. The fraction of sp³-hybridized carbons (Fsp3) is 0.208. The summed E-state index contributed by atoms with van der Waals surface area (Å²) in [5, 5.41) is 3.52. The van der Waals surface area contributed by atoms with Crippen molar-refractivity contribution in [2.24, 2.45) is 0 Å². The second kappa shape index (κ2) is 9.48. The molecule has 0 aliphatic carbocycles. The summed E-state index contributed by atoms with van der Waals surface area (Å²) in [6.07, 6.45) is 0. The molecule has 0 aliphatic heterocycles. The number of halogens is 1. The first-order chi connectivity index (χ1) is 14.0. The Morgan fingerprint density at radius 2 is 1.76 bits per heavy atom. The molecule has 0 aromatic heterocycles. The zero-order valence-electron chi connectivity index (χ0n) is 16.8. The lowest BCUT2D eigenvalue weighted by molar-refractivity contribution is 0.102. The molecular weight excluding hydrogens is 386 g/mol. The quantitative estimate of drug-likeness (QED) is 0.506. The van der Waals surface area contributed by atoms with Gasteiger partial charge in [-0.1, -0.05) is 35.9 Å². The Hall–Kier alpha value is -2.98. The molecule has 0 unspecified atom stereocenters. The monoisotopic (exact) mass is 409 g/mol. The summed E-state index contributed by atoms with van der Waals surface area (Å²) in [5.74, 6) is 1.09. The molecular formula is C24H24ClNO3. The molecule has 3 aromatic carbocycles. The number of ether oxygens (including phenoxy) is 2. The average Bonchev–Trinajstić information content (AvgIpc) is 2.71. The minimum atomic E-state index is -0.180. The third-order valence-corrected chi connectivity index (χ3v) is 4.80. The van der Waals surface area contributed by atoms with Gasteiger partial charge in [-0.05, 0) is 68.3 Å². The third kappa shape index (κ3) is 5.30. The van der Waals surface area contributed by atoms with Crippen molar-refractivity contribution >= 4 is 23.2 Å². The van der Waals surface area contributed by atoms with Crippen molar-refractivity contribution in [3.63, 3.8) is 0 Å². The minimum Gasteiger partial charge on any atom is -0.493 e. The normalized spacial score (nSPS) is 10.5. The summed E-state index contributed by atoms with van der Waals surface area (Å²) in [6, 6.07) is 18.6. The fourth-order valence-corrected chi connectivity index (χ4v) is 3.10. The van der Waals surface area contributed by atoms with Crippen LogP contribution in [0.1, 0.15) is 34.0 Å². The summed E-state index contributed by atoms with van der Waals surface area (Å²) in [6.45, 7) is 6.64. The number of rotatable bonds is 7. The van der Waals surface area contributed by atoms with Crippen LogP contribution in [0.2, 0.25) is 5.02 Å². The van der Waals surface area contributed by atoms with E-state index in [0.29, 0.717) is 28.7 Å². The predicted octanol–water partition coefficient (Wildman–Crippen LogP) is 6.19. The number of para-hydroxylation sites is 1. The maximum Gasteiger partial charge on any atom is 0.255 e. The predicted molar refractivity (Wildman–Crippen MR) is 117 cm³/mol. The van der Waals surface area contributed by atoms with Gasteiger partial charge < -0.3 is 14.8 Å². The van der Waals surface area contributed by atoms with E-state index in [1.54, 1.807) is 30.3 Å². The maximum absolute atomic E-state index is 12.8. The molecule has 150 valence electrons. The molecule has 0 heterocycles. The van der Waals surface area contributed by atoms with Gasteiger partial charge in [-0.25, -0.2) is 0 Å². The Morgan fingerprint density at radius 1 is 0.966 bits per heavy atom. The number of amides is 1. The van der Waals surface area contributed by atoms with E-state index in [-0.39, 0.29) is 12.5 Å². The highest BCUT2D eigenvalue weighted by atomic mass is 35.5. The van der Waals surface area contributed by atoms with E-state index in [4.69, 9.17) is 21.1 Å². The molecule has 1 amide bonds. The Morgan fingerprint density at radius 3 is 2.52 bits per heavy atom. The zero-order valence-corrected chi connectivity index (χ0v) is 17.5. The highest BCUT2D eigenvalue weighted by molar-refractivity contribution is 6.32. The van der Waals surface area contributed by atoms with Crippen molar-refractivity contribution in [1.82, 2.24) is 0 Å². The number of carbonyl (C=O) groups excluding carboxylic acids is 1. The second-order valence-electron chi connectivity index (χ2n) is 6.75. The van der Waals surface area contributed by atoms with Gasteiger partial charge in [-0.15, -0.1) is 0 Å². The molecule has 3 aromatic rings. The van der Waals surface area contributed by atoms with Gasteiger partial charge in [-0.2, -0.15) is 0 Å². The highest BCUT2D eigenvalue weighted by Gasteiger charge is 2.13. The Bertz CT molecular complexity index is 1020. The van der Waals surface area contributed by atoms with Crippen molar-refractivity contribution in [2.75, 3.05) is 11.9 Å². The minimum absolute atomic E-state index is 0.180. The largest absolute Gasteiger partial charge is 0.493 e. The average molecular weight is 410 g/mol. The Balaban J connectivity index is 1.82. The van der Waals surface area contributed by atoms with Crippen LogP contribution in [0.15, 0.2) is 60.7 Å². The molecule has 0 radical (unpaired) electrons. The Labute approximate surface area is 176 Å².